The predicted octanol–water partition coefficient (Wildman–Crippen LogP) is 6.64. The minimum Gasteiger partial charge on any atom is -0.481 e. The van der Waals surface area contributed by atoms with Gasteiger partial charge in [-0.1, -0.05) is 83.1 Å². The van der Waals surface area contributed by atoms with Gasteiger partial charge >= 0.3 is 35.9 Å². The molecule has 0 spiro atoms. The zero-order valence-corrected chi connectivity index (χ0v) is 59.9. The number of carbonyl (C=O) groups is 10. The standard InChI is InChI=1S/C74H88N10O20S/c1-6-26-75-72(96)78-49-15-12-17-52(39-49)105(98,99)82-50-16-11-14-46(36-50)47(38-63(87)88)37-51(85)35-45-21-23-48(24-22-45)77-73(97)76-27-30-101-32-34-102-33-31-100-29-25-62(86)79-59(41-64(89)90)69(93)83-28-13-20-60(83)67(91)81-65(44(4)5)70(94)104-74(8-3)57-40-61-66-55(42-84(61)68(92)56(57)43-103-71(74)95)53(7-2)54-18-9-10-19-58(54)80-66/h9-12,14-19,21-24,36,39-40,44,47,59-60,65,82H,6-8,13,20,25-35,37-38,41-43H2,1-5H3,(H,79,86)(H,81,91)(H,87,88)(H,89,90)(H2,75,78,96)(H2,76,77,97)/t47-,59+,60+,65+,74+/m1/s1. The third-order valence-corrected chi connectivity index (χ3v) is 19.6. The number of anilines is 3. The van der Waals surface area contributed by atoms with E-state index in [4.69, 9.17) is 28.7 Å². The van der Waals surface area contributed by atoms with E-state index in [9.17, 15) is 71.4 Å². The summed E-state index contributed by atoms with van der Waals surface area (Å²) in [6.45, 7) is 9.89. The lowest BCUT2D eigenvalue weighted by molar-refractivity contribution is -0.191. The van der Waals surface area contributed by atoms with Crippen LogP contribution in [0.3, 0.4) is 0 Å². The molecule has 5 atom stereocenters. The number of ether oxygens (including phenoxy) is 5. The van der Waals surface area contributed by atoms with Crippen molar-refractivity contribution < 1.29 is 90.3 Å². The van der Waals surface area contributed by atoms with Crippen LogP contribution < -0.4 is 42.2 Å². The molecule has 9 rings (SSSR count). The van der Waals surface area contributed by atoms with Gasteiger partial charge in [0.25, 0.3) is 15.6 Å². The number of Topliss-reactive ketones (excluding diaryl/α,β-unsaturated/α-hetero) is 1. The molecule has 30 nitrogen and oxygen atoms in total. The average Bonchev–Trinajstić information content (AvgIpc) is 1.63. The number of amides is 7. The summed E-state index contributed by atoms with van der Waals surface area (Å²) in [6, 6.07) is 22.5. The van der Waals surface area contributed by atoms with Crippen molar-refractivity contribution in [2.75, 3.05) is 74.6 Å². The topological polar surface area (TPSA) is 414 Å². The molecule has 5 heterocycles. The number of rotatable bonds is 37. The lowest BCUT2D eigenvalue weighted by Crippen LogP contribution is -2.57. The molecule has 0 unspecified atom stereocenters. The van der Waals surface area contributed by atoms with E-state index in [-0.39, 0.29) is 131 Å². The Bertz CT molecular complexity index is 4410. The number of pyridine rings is 2. The highest BCUT2D eigenvalue weighted by atomic mass is 32.2. The van der Waals surface area contributed by atoms with E-state index >= 15 is 0 Å². The van der Waals surface area contributed by atoms with Crippen LogP contribution in [0, 0.1) is 5.92 Å². The van der Waals surface area contributed by atoms with Crippen LogP contribution in [0.5, 0.6) is 0 Å². The number of aryl methyl sites for hydroxylation is 1. The molecule has 0 radical (unpaired) electrons. The number of nitrogens with one attached hydrogen (secondary N) is 7. The van der Waals surface area contributed by atoms with Crippen molar-refractivity contribution in [3.63, 3.8) is 0 Å². The number of benzene rings is 4. The van der Waals surface area contributed by atoms with Crippen molar-refractivity contribution in [2.24, 2.45) is 5.92 Å². The Labute approximate surface area is 606 Å². The molecule has 105 heavy (non-hydrogen) atoms. The predicted molar refractivity (Wildman–Crippen MR) is 383 cm³/mol. The summed E-state index contributed by atoms with van der Waals surface area (Å²) >= 11 is 0. The van der Waals surface area contributed by atoms with Gasteiger partial charge in [-0.15, -0.1) is 0 Å². The molecule has 3 aliphatic rings. The maximum absolute atomic E-state index is 14.4. The Kier molecular flexibility index (Phi) is 27.1. The quantitative estimate of drug-likeness (QED) is 0.0145. The molecule has 3 aliphatic heterocycles. The molecular formula is C74H88N10O20S. The highest BCUT2D eigenvalue weighted by molar-refractivity contribution is 7.92. The number of sulfonamides is 1. The van der Waals surface area contributed by atoms with Gasteiger partial charge in [-0.25, -0.2) is 32.6 Å². The summed E-state index contributed by atoms with van der Waals surface area (Å²) in [4.78, 5) is 152. The van der Waals surface area contributed by atoms with Crippen molar-refractivity contribution in [1.82, 2.24) is 35.7 Å². The smallest absolute Gasteiger partial charge is 0.355 e. The molecule has 0 saturated carbocycles. The molecule has 0 aliphatic carbocycles. The Balaban J connectivity index is 0.657. The van der Waals surface area contributed by atoms with Crippen LogP contribution in [0.1, 0.15) is 125 Å². The van der Waals surface area contributed by atoms with E-state index in [0.29, 0.717) is 54.0 Å². The third kappa shape index (κ3) is 20.0. The maximum atomic E-state index is 14.4. The van der Waals surface area contributed by atoms with E-state index in [1.54, 1.807) is 73.9 Å². The number of urea groups is 2. The van der Waals surface area contributed by atoms with Gasteiger partial charge in [0.05, 0.1) is 86.4 Å². The maximum Gasteiger partial charge on any atom is 0.355 e. The summed E-state index contributed by atoms with van der Waals surface area (Å²) in [7, 11) is -4.16. The number of hydrogen-bond donors (Lipinski definition) is 9. The number of likely N-dealkylation sites (tertiary alicyclic amines) is 1. The van der Waals surface area contributed by atoms with Gasteiger partial charge in [0, 0.05) is 78.4 Å². The molecule has 1 fully saturated rings. The number of ketones is 1. The van der Waals surface area contributed by atoms with Crippen LogP contribution in [-0.4, -0.2) is 170 Å². The van der Waals surface area contributed by atoms with Crippen LogP contribution in [-0.2, 0) is 104 Å². The van der Waals surface area contributed by atoms with E-state index < -0.39 is 118 Å². The van der Waals surface area contributed by atoms with Gasteiger partial charge in [-0.3, -0.25) is 38.3 Å². The van der Waals surface area contributed by atoms with Crippen LogP contribution >= 0.6 is 0 Å². The number of carboxylic acids is 2. The fourth-order valence-electron chi connectivity index (χ4n) is 12.9. The summed E-state index contributed by atoms with van der Waals surface area (Å²) in [6.07, 6.45) is 0.0626. The zero-order valence-electron chi connectivity index (χ0n) is 59.0. The Hall–Kier alpha value is -10.6. The highest BCUT2D eigenvalue weighted by Crippen LogP contribution is 2.43. The first kappa shape index (κ1) is 78.5. The number of hydrogen-bond acceptors (Lipinski definition) is 19. The minimum absolute atomic E-state index is 0.0377. The number of nitrogens with zero attached hydrogens (tertiary/aromatic N) is 3. The average molecular weight is 1470 g/mol. The lowest BCUT2D eigenvalue weighted by atomic mass is 9.85. The second kappa shape index (κ2) is 36.2. The van der Waals surface area contributed by atoms with Crippen molar-refractivity contribution in [1.29, 1.82) is 0 Å². The van der Waals surface area contributed by atoms with Crippen molar-refractivity contribution in [3.8, 4) is 11.4 Å². The second-order valence-electron chi connectivity index (χ2n) is 25.9. The SMILES string of the molecule is CCCNC(=O)Nc1cccc(S(=O)(=O)Nc2cccc([C@@H](CC(=O)O)CC(=O)Cc3ccc(NC(=O)NCCOCCOCCOCCC(=O)N[C@@H](CC(=O)O)C(=O)N4CCC[C@H]4C(=O)N[C@H](C(=O)O[C@]4(CC)C(=O)OCc5c4cc4n(c5=O)Cc5c-4nc4ccccc4c5CC)C(C)C)cc3)c2)c1. The molecule has 1 saturated heterocycles. The molecule has 31 heteroatoms. The summed E-state index contributed by atoms with van der Waals surface area (Å²) in [5.74, 6) is -8.42. The molecule has 0 bridgehead atoms. The first-order valence-corrected chi connectivity index (χ1v) is 36.4. The van der Waals surface area contributed by atoms with Crippen molar-refractivity contribution >= 4 is 97.4 Å². The molecule has 6 aromatic rings. The first-order valence-electron chi connectivity index (χ1n) is 34.9. The highest BCUT2D eigenvalue weighted by Gasteiger charge is 2.52. The molecule has 9 N–H and O–H groups in total. The van der Waals surface area contributed by atoms with Gasteiger partial charge in [0.15, 0.2) is 0 Å². The Morgan fingerprint density at radius 1 is 0.724 bits per heavy atom. The van der Waals surface area contributed by atoms with Gasteiger partial charge in [-0.05, 0) is 109 Å². The molecular weight excluding hydrogens is 1380 g/mol. The van der Waals surface area contributed by atoms with E-state index in [1.165, 1.54) is 35.2 Å². The van der Waals surface area contributed by atoms with Crippen LogP contribution in [0.2, 0.25) is 0 Å². The van der Waals surface area contributed by atoms with E-state index in [0.717, 1.165) is 22.0 Å². The number of cyclic esters (lactones) is 1. The van der Waals surface area contributed by atoms with Gasteiger partial charge in [-0.2, -0.15) is 0 Å². The van der Waals surface area contributed by atoms with Gasteiger partial charge in [0.2, 0.25) is 23.3 Å². The monoisotopic (exact) mass is 1470 g/mol. The molecule has 560 valence electrons. The summed E-state index contributed by atoms with van der Waals surface area (Å²) < 4.78 is 59.2. The van der Waals surface area contributed by atoms with Crippen molar-refractivity contribution in [3.05, 3.63) is 147 Å². The number of esters is 2. The third-order valence-electron chi connectivity index (χ3n) is 18.2. The summed E-state index contributed by atoms with van der Waals surface area (Å²) in [5.41, 5.74) is 3.31. The number of carbonyl (C=O) groups excluding carboxylic acids is 8. The van der Waals surface area contributed by atoms with E-state index in [2.05, 4.69) is 36.6 Å². The van der Waals surface area contributed by atoms with Gasteiger partial charge in [0.1, 0.15) is 30.5 Å². The van der Waals surface area contributed by atoms with Crippen LogP contribution in [0.25, 0.3) is 22.3 Å². The lowest BCUT2D eigenvalue weighted by Gasteiger charge is -2.37. The van der Waals surface area contributed by atoms with E-state index in [1.807, 2.05) is 38.1 Å². The Morgan fingerprint density at radius 3 is 2.10 bits per heavy atom. The molecule has 4 aromatic carbocycles. The molecule has 7 amide bonds. The minimum atomic E-state index is -4.16. The van der Waals surface area contributed by atoms with Gasteiger partial charge < -0.3 is 75.3 Å². The second-order valence-corrected chi connectivity index (χ2v) is 27.6. The first-order chi connectivity index (χ1) is 50.3. The Morgan fingerprint density at radius 2 is 1.40 bits per heavy atom. The van der Waals surface area contributed by atoms with Crippen LogP contribution in [0.15, 0.2) is 113 Å². The number of carboxylic acid groups (broad SMARTS) is 2. The van der Waals surface area contributed by atoms with Crippen molar-refractivity contribution in [2.45, 2.75) is 147 Å². The summed E-state index contributed by atoms with van der Waals surface area (Å²) in [5, 5.41) is 36.3. The molecule has 2 aromatic heterocycles. The fourth-order valence-corrected chi connectivity index (χ4v) is 14.0. The fraction of sp³-hybridized carbons (Fsp3) is 0.432. The number of para-hydroxylation sites is 1. The number of aliphatic carboxylic acids is 2. The number of fused-ring (bicyclic) bond motifs is 5. The normalized spacial score (nSPS) is 16.0. The zero-order chi connectivity index (χ0) is 75.5. The largest absolute Gasteiger partial charge is 0.481 e. The number of aromatic nitrogens is 2. The van der Waals surface area contributed by atoms with Crippen LogP contribution in [0.4, 0.5) is 26.7 Å².